The maximum Gasteiger partial charge on any atom is 0.243 e. The number of benzene rings is 1. The highest BCUT2D eigenvalue weighted by atomic mass is 35.5. The first-order valence-corrected chi connectivity index (χ1v) is 6.02. The lowest BCUT2D eigenvalue weighted by atomic mass is 10.2. The maximum absolute atomic E-state index is 11.7. The van der Waals surface area contributed by atoms with Crippen LogP contribution in [0.3, 0.4) is 0 Å². The molecule has 118 valence electrons. The topological polar surface area (TPSA) is 103 Å². The van der Waals surface area contributed by atoms with Gasteiger partial charge in [-0.1, -0.05) is 0 Å². The van der Waals surface area contributed by atoms with Crippen molar-refractivity contribution in [2.45, 2.75) is 13.0 Å². The highest BCUT2D eigenvalue weighted by Gasteiger charge is 2.10. The summed E-state index contributed by atoms with van der Waals surface area (Å²) in [6, 6.07) is 4.33. The molecule has 0 aromatic heterocycles. The van der Waals surface area contributed by atoms with Crippen molar-refractivity contribution in [1.29, 1.82) is 0 Å². The van der Waals surface area contributed by atoms with Crippen LogP contribution >= 0.6 is 12.4 Å². The molecule has 2 amide bonds. The number of carbonyl (C=O) groups is 2. The summed E-state index contributed by atoms with van der Waals surface area (Å²) in [5, 5.41) is 5.05. The van der Waals surface area contributed by atoms with E-state index in [9.17, 15) is 9.59 Å². The van der Waals surface area contributed by atoms with Crippen LogP contribution in [-0.2, 0) is 9.59 Å². The normalized spacial score (nSPS) is 10.9. The fourth-order valence-corrected chi connectivity index (χ4v) is 1.41. The van der Waals surface area contributed by atoms with Crippen LogP contribution in [0.15, 0.2) is 18.2 Å². The summed E-state index contributed by atoms with van der Waals surface area (Å²) in [7, 11) is 3.03. The first-order valence-electron chi connectivity index (χ1n) is 6.02. The Morgan fingerprint density at radius 1 is 1.19 bits per heavy atom. The van der Waals surface area contributed by atoms with Gasteiger partial charge in [0, 0.05) is 23.9 Å². The minimum absolute atomic E-state index is 0. The molecule has 1 atom stereocenters. The Labute approximate surface area is 129 Å². The summed E-state index contributed by atoms with van der Waals surface area (Å²) < 4.78 is 10.2. The zero-order chi connectivity index (χ0) is 15.1. The zero-order valence-corrected chi connectivity index (χ0v) is 13.0. The molecule has 0 fully saturated rings. The molecule has 0 heterocycles. The standard InChI is InChI=1S/C13H19N3O4.ClH/c1-8(14)13(18)15-7-12(17)16-9-4-10(19-2)6-11(5-9)20-3;/h4-6,8H,7,14H2,1-3H3,(H,15,18)(H,16,17);1H/t8-;/m0./s1. The number of halogens is 1. The van der Waals surface area contributed by atoms with Gasteiger partial charge in [-0.15, -0.1) is 12.4 Å². The summed E-state index contributed by atoms with van der Waals surface area (Å²) in [6.07, 6.45) is 0. The smallest absolute Gasteiger partial charge is 0.243 e. The van der Waals surface area contributed by atoms with Crippen molar-refractivity contribution in [3.8, 4) is 11.5 Å². The Balaban J connectivity index is 0.00000400. The molecule has 0 aliphatic heterocycles. The molecule has 8 heteroatoms. The van der Waals surface area contributed by atoms with E-state index in [4.69, 9.17) is 15.2 Å². The number of ether oxygens (including phenoxy) is 2. The molecule has 0 saturated heterocycles. The van der Waals surface area contributed by atoms with Crippen molar-refractivity contribution in [1.82, 2.24) is 5.32 Å². The minimum Gasteiger partial charge on any atom is -0.497 e. The van der Waals surface area contributed by atoms with Gasteiger partial charge in [0.25, 0.3) is 0 Å². The molecule has 0 unspecified atom stereocenters. The second kappa shape index (κ2) is 9.04. The Kier molecular flexibility index (Phi) is 8.18. The van der Waals surface area contributed by atoms with Gasteiger partial charge in [-0.2, -0.15) is 0 Å². The van der Waals surface area contributed by atoms with Crippen LogP contribution in [0.4, 0.5) is 5.69 Å². The lowest BCUT2D eigenvalue weighted by Gasteiger charge is -2.11. The molecule has 1 rings (SSSR count). The Morgan fingerprint density at radius 3 is 2.14 bits per heavy atom. The predicted octanol–water partition coefficient (Wildman–Crippen LogP) is 0.528. The van der Waals surface area contributed by atoms with Crippen LogP contribution in [0.5, 0.6) is 11.5 Å². The Hall–Kier alpha value is -1.99. The molecule has 0 aliphatic rings. The summed E-state index contributed by atoms with van der Waals surface area (Å²) in [5.74, 6) is 0.358. The molecular weight excluding hydrogens is 298 g/mol. The van der Waals surface area contributed by atoms with E-state index in [1.807, 2.05) is 0 Å². The van der Waals surface area contributed by atoms with Gasteiger partial charge in [-0.3, -0.25) is 9.59 Å². The zero-order valence-electron chi connectivity index (χ0n) is 12.1. The third kappa shape index (κ3) is 6.33. The van der Waals surface area contributed by atoms with Crippen LogP contribution in [0.1, 0.15) is 6.92 Å². The van der Waals surface area contributed by atoms with Crippen LogP contribution in [0, 0.1) is 0 Å². The van der Waals surface area contributed by atoms with E-state index < -0.39 is 6.04 Å². The van der Waals surface area contributed by atoms with Gasteiger partial charge < -0.3 is 25.8 Å². The molecule has 0 aliphatic carbocycles. The number of carbonyl (C=O) groups excluding carboxylic acids is 2. The quantitative estimate of drug-likeness (QED) is 0.710. The second-order valence-electron chi connectivity index (χ2n) is 4.16. The minimum atomic E-state index is -0.653. The van der Waals surface area contributed by atoms with E-state index in [1.54, 1.807) is 25.1 Å². The third-order valence-electron chi connectivity index (χ3n) is 2.47. The number of rotatable bonds is 6. The first-order chi connectivity index (χ1) is 9.46. The first kappa shape index (κ1) is 19.0. The van der Waals surface area contributed by atoms with Gasteiger partial charge >= 0.3 is 0 Å². The summed E-state index contributed by atoms with van der Waals surface area (Å²) in [6.45, 7) is 1.39. The molecule has 1 aromatic rings. The summed E-state index contributed by atoms with van der Waals surface area (Å²) in [5.41, 5.74) is 5.89. The van der Waals surface area contributed by atoms with Crippen molar-refractivity contribution in [3.63, 3.8) is 0 Å². The SMILES string of the molecule is COc1cc(NC(=O)CNC(=O)[C@H](C)N)cc(OC)c1.Cl. The summed E-state index contributed by atoms with van der Waals surface area (Å²) >= 11 is 0. The van der Waals surface area contributed by atoms with Gasteiger partial charge in [0.15, 0.2) is 0 Å². The van der Waals surface area contributed by atoms with Crippen LogP contribution < -0.4 is 25.8 Å². The van der Waals surface area contributed by atoms with Crippen molar-refractivity contribution in [3.05, 3.63) is 18.2 Å². The van der Waals surface area contributed by atoms with Crippen molar-refractivity contribution < 1.29 is 19.1 Å². The number of methoxy groups -OCH3 is 2. The molecule has 4 N–H and O–H groups in total. The highest BCUT2D eigenvalue weighted by molar-refractivity contribution is 5.95. The molecule has 0 spiro atoms. The molecule has 7 nitrogen and oxygen atoms in total. The molecule has 21 heavy (non-hydrogen) atoms. The van der Waals surface area contributed by atoms with Gasteiger partial charge in [0.1, 0.15) is 11.5 Å². The highest BCUT2D eigenvalue weighted by Crippen LogP contribution is 2.25. The van der Waals surface area contributed by atoms with Gasteiger partial charge in [0.2, 0.25) is 11.8 Å². The third-order valence-corrected chi connectivity index (χ3v) is 2.47. The lowest BCUT2D eigenvalue weighted by Crippen LogP contribution is -2.41. The van der Waals surface area contributed by atoms with E-state index in [-0.39, 0.29) is 30.8 Å². The van der Waals surface area contributed by atoms with E-state index in [2.05, 4.69) is 10.6 Å². The van der Waals surface area contributed by atoms with E-state index in [1.165, 1.54) is 14.2 Å². The average molecular weight is 318 g/mol. The number of hydrogen-bond donors (Lipinski definition) is 3. The van der Waals surface area contributed by atoms with Crippen LogP contribution in [0.2, 0.25) is 0 Å². The van der Waals surface area contributed by atoms with Crippen LogP contribution in [-0.4, -0.2) is 38.6 Å². The predicted molar refractivity (Wildman–Crippen MR) is 82.1 cm³/mol. The van der Waals surface area contributed by atoms with Crippen molar-refractivity contribution in [2.24, 2.45) is 5.73 Å². The van der Waals surface area contributed by atoms with Crippen molar-refractivity contribution >= 4 is 29.9 Å². The summed E-state index contributed by atoms with van der Waals surface area (Å²) in [4.78, 5) is 22.9. The molecule has 0 radical (unpaired) electrons. The van der Waals surface area contributed by atoms with Crippen LogP contribution in [0.25, 0.3) is 0 Å². The van der Waals surface area contributed by atoms with E-state index >= 15 is 0 Å². The number of anilines is 1. The molecule has 0 saturated carbocycles. The maximum atomic E-state index is 11.7. The number of hydrogen-bond acceptors (Lipinski definition) is 5. The van der Waals surface area contributed by atoms with Gasteiger partial charge in [0.05, 0.1) is 26.8 Å². The largest absolute Gasteiger partial charge is 0.497 e. The van der Waals surface area contributed by atoms with E-state index in [0.29, 0.717) is 17.2 Å². The second-order valence-corrected chi connectivity index (χ2v) is 4.16. The number of amides is 2. The average Bonchev–Trinajstić information content (AvgIpc) is 2.43. The Bertz CT molecular complexity index is 472. The van der Waals surface area contributed by atoms with Crippen molar-refractivity contribution in [2.75, 3.05) is 26.1 Å². The fraction of sp³-hybridized carbons (Fsp3) is 0.385. The van der Waals surface area contributed by atoms with Gasteiger partial charge in [-0.25, -0.2) is 0 Å². The fourth-order valence-electron chi connectivity index (χ4n) is 1.41. The Morgan fingerprint density at radius 2 is 1.71 bits per heavy atom. The number of nitrogens with one attached hydrogen (secondary N) is 2. The molecular formula is C13H20ClN3O4. The monoisotopic (exact) mass is 317 g/mol. The lowest BCUT2D eigenvalue weighted by molar-refractivity contribution is -0.124. The van der Waals surface area contributed by atoms with E-state index in [0.717, 1.165) is 0 Å². The molecule has 0 bridgehead atoms. The van der Waals surface area contributed by atoms with Gasteiger partial charge in [-0.05, 0) is 6.92 Å². The molecule has 1 aromatic carbocycles. The number of nitrogens with two attached hydrogens (primary N) is 1.